The zero-order valence-electron chi connectivity index (χ0n) is 18.6. The van der Waals surface area contributed by atoms with E-state index in [4.69, 9.17) is 14.5 Å². The van der Waals surface area contributed by atoms with Crippen molar-refractivity contribution in [3.8, 4) is 11.5 Å². The van der Waals surface area contributed by atoms with Crippen molar-refractivity contribution in [1.82, 2.24) is 15.1 Å². The molecule has 0 atom stereocenters. The van der Waals surface area contributed by atoms with Crippen molar-refractivity contribution < 1.29 is 14.3 Å². The Morgan fingerprint density at radius 2 is 1.84 bits per heavy atom. The summed E-state index contributed by atoms with van der Waals surface area (Å²) in [6.45, 7) is 4.46. The lowest BCUT2D eigenvalue weighted by atomic mass is 10.1. The molecule has 1 aliphatic rings. The Bertz CT molecular complexity index is 917. The molecule has 168 valence electrons. The van der Waals surface area contributed by atoms with E-state index >= 15 is 0 Å². The Kier molecular flexibility index (Phi) is 9.42. The minimum absolute atomic E-state index is 0. The topological polar surface area (TPSA) is 66.4 Å². The Hall–Kier alpha value is -2.49. The van der Waals surface area contributed by atoms with E-state index in [2.05, 4.69) is 17.1 Å². The second-order valence-corrected chi connectivity index (χ2v) is 7.43. The number of amides is 1. The first-order valence-electron chi connectivity index (χ1n) is 10.2. The van der Waals surface area contributed by atoms with Crippen LogP contribution in [0.15, 0.2) is 47.5 Å². The molecule has 0 saturated carbocycles. The van der Waals surface area contributed by atoms with Gasteiger partial charge in [-0.2, -0.15) is 0 Å². The summed E-state index contributed by atoms with van der Waals surface area (Å²) in [7, 11) is 5.54. The highest BCUT2D eigenvalue weighted by molar-refractivity contribution is 14.0. The molecule has 31 heavy (non-hydrogen) atoms. The summed E-state index contributed by atoms with van der Waals surface area (Å²) in [5, 5.41) is 3.34. The lowest BCUT2D eigenvalue weighted by molar-refractivity contribution is 0.0827. The van der Waals surface area contributed by atoms with E-state index in [0.29, 0.717) is 18.7 Å². The fraction of sp³-hybridized carbons (Fsp3) is 0.391. The van der Waals surface area contributed by atoms with Crippen LogP contribution in [0.5, 0.6) is 11.5 Å². The maximum absolute atomic E-state index is 12.2. The monoisotopic (exact) mass is 538 g/mol. The first-order valence-corrected chi connectivity index (χ1v) is 10.2. The van der Waals surface area contributed by atoms with E-state index in [9.17, 15) is 4.79 Å². The van der Waals surface area contributed by atoms with E-state index in [1.807, 2.05) is 49.5 Å². The van der Waals surface area contributed by atoms with Crippen LogP contribution < -0.4 is 14.8 Å². The van der Waals surface area contributed by atoms with Crippen molar-refractivity contribution in [2.45, 2.75) is 19.9 Å². The van der Waals surface area contributed by atoms with Crippen molar-refractivity contribution in [3.05, 3.63) is 59.2 Å². The minimum atomic E-state index is 0. The first kappa shape index (κ1) is 24.8. The van der Waals surface area contributed by atoms with Crippen LogP contribution in [-0.2, 0) is 13.0 Å². The molecule has 1 amide bonds. The van der Waals surface area contributed by atoms with Crippen LogP contribution in [0.3, 0.4) is 0 Å². The molecule has 1 aliphatic heterocycles. The van der Waals surface area contributed by atoms with Crippen LogP contribution in [0.2, 0.25) is 0 Å². The zero-order chi connectivity index (χ0) is 21.5. The van der Waals surface area contributed by atoms with Gasteiger partial charge in [0.05, 0.1) is 0 Å². The fourth-order valence-electron chi connectivity index (χ4n) is 3.27. The van der Waals surface area contributed by atoms with Crippen LogP contribution in [0.25, 0.3) is 0 Å². The van der Waals surface area contributed by atoms with E-state index in [-0.39, 0.29) is 36.7 Å². The summed E-state index contributed by atoms with van der Waals surface area (Å²) in [6, 6.07) is 13.7. The summed E-state index contributed by atoms with van der Waals surface area (Å²) in [5.74, 6) is 2.43. The summed E-state index contributed by atoms with van der Waals surface area (Å²) in [5.41, 5.74) is 2.93. The van der Waals surface area contributed by atoms with Gasteiger partial charge in [-0.05, 0) is 48.7 Å². The summed E-state index contributed by atoms with van der Waals surface area (Å²) < 4.78 is 10.9. The van der Waals surface area contributed by atoms with Crippen molar-refractivity contribution >= 4 is 35.8 Å². The van der Waals surface area contributed by atoms with Gasteiger partial charge in [0.2, 0.25) is 6.79 Å². The standard InChI is InChI=1S/C23H30N4O3.HI/c1-5-24-23(27(4)15-18-9-10-20-21(14-18)30-16-29-20)25-12-11-17-7-6-8-19(13-17)22(28)26(2)3;/h6-10,13-14H,5,11-12,15-16H2,1-4H3,(H,24,25);1H. The second kappa shape index (κ2) is 11.8. The van der Waals surface area contributed by atoms with Gasteiger partial charge >= 0.3 is 0 Å². The van der Waals surface area contributed by atoms with Gasteiger partial charge < -0.3 is 24.6 Å². The van der Waals surface area contributed by atoms with Gasteiger partial charge in [-0.15, -0.1) is 24.0 Å². The third-order valence-corrected chi connectivity index (χ3v) is 4.80. The largest absolute Gasteiger partial charge is 0.454 e. The Morgan fingerprint density at radius 3 is 2.58 bits per heavy atom. The van der Waals surface area contributed by atoms with Crippen molar-refractivity contribution in [2.75, 3.05) is 41.0 Å². The molecule has 3 rings (SSSR count). The molecule has 0 bridgehead atoms. The molecule has 1 heterocycles. The van der Waals surface area contributed by atoms with E-state index in [1.165, 1.54) is 0 Å². The van der Waals surface area contributed by atoms with Crippen LogP contribution in [-0.4, -0.2) is 62.7 Å². The number of carbonyl (C=O) groups excluding carboxylic acids is 1. The number of aliphatic imine (C=N–C) groups is 1. The quantitative estimate of drug-likeness (QED) is 0.333. The van der Waals surface area contributed by atoms with Crippen LogP contribution in [0.1, 0.15) is 28.4 Å². The number of fused-ring (bicyclic) bond motifs is 1. The average Bonchev–Trinajstić information content (AvgIpc) is 3.20. The zero-order valence-corrected chi connectivity index (χ0v) is 20.9. The van der Waals surface area contributed by atoms with E-state index in [0.717, 1.165) is 41.6 Å². The second-order valence-electron chi connectivity index (χ2n) is 7.43. The molecule has 0 unspecified atom stereocenters. The number of carbonyl (C=O) groups is 1. The Balaban J connectivity index is 0.00000341. The summed E-state index contributed by atoms with van der Waals surface area (Å²) in [6.07, 6.45) is 0.765. The van der Waals surface area contributed by atoms with E-state index < -0.39 is 0 Å². The third kappa shape index (κ3) is 6.75. The van der Waals surface area contributed by atoms with Crippen molar-refractivity contribution in [3.63, 3.8) is 0 Å². The predicted octanol–water partition coefficient (Wildman–Crippen LogP) is 3.38. The van der Waals surface area contributed by atoms with Gasteiger partial charge in [0.15, 0.2) is 17.5 Å². The number of nitrogens with one attached hydrogen (secondary N) is 1. The maximum atomic E-state index is 12.2. The molecular weight excluding hydrogens is 507 g/mol. The molecule has 0 spiro atoms. The van der Waals surface area contributed by atoms with Gasteiger partial charge in [-0.25, -0.2) is 0 Å². The van der Waals surface area contributed by atoms with Gasteiger partial charge in [0, 0.05) is 46.3 Å². The number of benzene rings is 2. The van der Waals surface area contributed by atoms with Crippen LogP contribution in [0, 0.1) is 0 Å². The molecule has 0 saturated heterocycles. The highest BCUT2D eigenvalue weighted by Crippen LogP contribution is 2.32. The maximum Gasteiger partial charge on any atom is 0.253 e. The summed E-state index contributed by atoms with van der Waals surface area (Å²) >= 11 is 0. The number of rotatable bonds is 7. The normalized spacial score (nSPS) is 12.2. The smallest absolute Gasteiger partial charge is 0.253 e. The van der Waals surface area contributed by atoms with Crippen LogP contribution in [0.4, 0.5) is 0 Å². The molecule has 2 aromatic rings. The summed E-state index contributed by atoms with van der Waals surface area (Å²) in [4.78, 5) is 20.6. The highest BCUT2D eigenvalue weighted by Gasteiger charge is 2.15. The van der Waals surface area contributed by atoms with Crippen molar-refractivity contribution in [1.29, 1.82) is 0 Å². The van der Waals surface area contributed by atoms with Gasteiger partial charge in [-0.3, -0.25) is 9.79 Å². The Labute approximate surface area is 201 Å². The number of guanidine groups is 1. The Morgan fingerprint density at radius 1 is 1.06 bits per heavy atom. The number of hydrogen-bond acceptors (Lipinski definition) is 4. The van der Waals surface area contributed by atoms with Gasteiger partial charge in [0.25, 0.3) is 5.91 Å². The minimum Gasteiger partial charge on any atom is -0.454 e. The fourth-order valence-corrected chi connectivity index (χ4v) is 3.27. The third-order valence-electron chi connectivity index (χ3n) is 4.80. The van der Waals surface area contributed by atoms with Crippen molar-refractivity contribution in [2.24, 2.45) is 4.99 Å². The average molecular weight is 538 g/mol. The molecule has 0 fully saturated rings. The predicted molar refractivity (Wildman–Crippen MR) is 134 cm³/mol. The molecule has 0 aromatic heterocycles. The molecule has 2 aromatic carbocycles. The number of halogens is 1. The molecule has 1 N–H and O–H groups in total. The SMILES string of the molecule is CCNC(=NCCc1cccc(C(=O)N(C)C)c1)N(C)Cc1ccc2c(c1)OCO2.I. The number of ether oxygens (including phenoxy) is 2. The molecular formula is C23H31IN4O3. The molecule has 8 heteroatoms. The molecule has 7 nitrogen and oxygen atoms in total. The van der Waals surface area contributed by atoms with Gasteiger partial charge in [0.1, 0.15) is 0 Å². The number of hydrogen-bond donors (Lipinski definition) is 1. The van der Waals surface area contributed by atoms with Gasteiger partial charge in [-0.1, -0.05) is 18.2 Å². The number of nitrogens with zero attached hydrogens (tertiary/aromatic N) is 3. The van der Waals surface area contributed by atoms with E-state index in [1.54, 1.807) is 19.0 Å². The first-order chi connectivity index (χ1) is 14.5. The lowest BCUT2D eigenvalue weighted by Crippen LogP contribution is -2.38. The molecule has 0 aliphatic carbocycles. The highest BCUT2D eigenvalue weighted by atomic mass is 127. The molecule has 0 radical (unpaired) electrons. The lowest BCUT2D eigenvalue weighted by Gasteiger charge is -2.22. The van der Waals surface area contributed by atoms with Crippen LogP contribution >= 0.6 is 24.0 Å².